The van der Waals surface area contributed by atoms with Crippen LogP contribution in [0.2, 0.25) is 0 Å². The number of nitrogens with zero attached hydrogens (tertiary/aromatic N) is 1. The highest BCUT2D eigenvalue weighted by Gasteiger charge is 2.31. The van der Waals surface area contributed by atoms with Crippen LogP contribution in [-0.4, -0.2) is 20.6 Å². The van der Waals surface area contributed by atoms with Crippen LogP contribution in [0.15, 0.2) is 95.4 Å². The Morgan fingerprint density at radius 3 is 2.29 bits per heavy atom. The number of carbonyl (C=O) groups excluding carboxylic acids is 1. The summed E-state index contributed by atoms with van der Waals surface area (Å²) in [5.41, 5.74) is 1.68. The fraction of sp³-hybridized carbons (Fsp3) is 0.107. The Labute approximate surface area is 216 Å². The smallest absolute Gasteiger partial charge is 0.416 e. The van der Waals surface area contributed by atoms with Crippen molar-refractivity contribution in [1.82, 2.24) is 0 Å². The topological polar surface area (TPSA) is 79.6 Å². The summed E-state index contributed by atoms with van der Waals surface area (Å²) in [6.45, 7) is -0.204. The van der Waals surface area contributed by atoms with Gasteiger partial charge in [-0.15, -0.1) is 0 Å². The minimum Gasteiger partial charge on any atom is -0.456 e. The third-order valence-electron chi connectivity index (χ3n) is 6.04. The van der Waals surface area contributed by atoms with Crippen LogP contribution in [0.5, 0.6) is 0 Å². The van der Waals surface area contributed by atoms with Crippen LogP contribution >= 0.6 is 0 Å². The molecule has 0 aliphatic carbocycles. The van der Waals surface area contributed by atoms with Gasteiger partial charge in [-0.2, -0.15) is 13.2 Å². The molecule has 0 saturated carbocycles. The normalized spacial score (nSPS) is 12.1. The van der Waals surface area contributed by atoms with Crippen molar-refractivity contribution >= 4 is 49.2 Å². The highest BCUT2D eigenvalue weighted by Crippen LogP contribution is 2.33. The van der Waals surface area contributed by atoms with Crippen LogP contribution in [0.3, 0.4) is 0 Å². The van der Waals surface area contributed by atoms with Crippen LogP contribution in [0.4, 0.5) is 24.5 Å². The zero-order chi connectivity index (χ0) is 27.1. The molecule has 10 heteroatoms. The molecule has 0 aliphatic heterocycles. The van der Waals surface area contributed by atoms with Crippen LogP contribution in [0.1, 0.15) is 21.5 Å². The molecule has 1 N–H and O–H groups in total. The SMILES string of the molecule is CS(=O)(=O)N(Cc1ccc(C(=O)Nc2ccc3c(c2)oc2ccccc23)cc1)c1cccc(C(F)(F)F)c1. The molecule has 0 saturated heterocycles. The quantitative estimate of drug-likeness (QED) is 0.257. The maximum atomic E-state index is 13.1. The number of sulfonamides is 1. The lowest BCUT2D eigenvalue weighted by molar-refractivity contribution is -0.137. The second-order valence-electron chi connectivity index (χ2n) is 8.78. The molecule has 38 heavy (non-hydrogen) atoms. The van der Waals surface area contributed by atoms with Crippen LogP contribution in [0.25, 0.3) is 21.9 Å². The van der Waals surface area contributed by atoms with E-state index < -0.39 is 21.8 Å². The van der Waals surface area contributed by atoms with Gasteiger partial charge in [-0.05, 0) is 54.1 Å². The second kappa shape index (κ2) is 9.53. The number of nitrogens with one attached hydrogen (secondary N) is 1. The van der Waals surface area contributed by atoms with E-state index in [2.05, 4.69) is 5.32 Å². The van der Waals surface area contributed by atoms with Gasteiger partial charge >= 0.3 is 6.18 Å². The third-order valence-corrected chi connectivity index (χ3v) is 7.18. The fourth-order valence-electron chi connectivity index (χ4n) is 4.17. The first-order valence-corrected chi connectivity index (χ1v) is 13.3. The van der Waals surface area contributed by atoms with E-state index in [-0.39, 0.29) is 18.1 Å². The number of benzene rings is 4. The molecule has 0 atom stereocenters. The molecule has 0 unspecified atom stereocenters. The van der Waals surface area contributed by atoms with Gasteiger partial charge < -0.3 is 9.73 Å². The summed E-state index contributed by atoms with van der Waals surface area (Å²) in [7, 11) is -3.90. The first-order chi connectivity index (χ1) is 18.0. The van der Waals surface area contributed by atoms with Crippen LogP contribution in [0, 0.1) is 0 Å². The summed E-state index contributed by atoms with van der Waals surface area (Å²) in [4.78, 5) is 12.8. The van der Waals surface area contributed by atoms with Gasteiger partial charge in [0, 0.05) is 28.1 Å². The second-order valence-corrected chi connectivity index (χ2v) is 10.7. The molecule has 0 aliphatic rings. The first kappa shape index (κ1) is 25.3. The number of anilines is 2. The van der Waals surface area contributed by atoms with Crippen LogP contribution < -0.4 is 9.62 Å². The van der Waals surface area contributed by atoms with Crippen molar-refractivity contribution in [3.8, 4) is 0 Å². The number of fused-ring (bicyclic) bond motifs is 3. The average Bonchev–Trinajstić information content (AvgIpc) is 3.24. The number of furan rings is 1. The molecule has 1 heterocycles. The number of para-hydroxylation sites is 1. The number of alkyl halides is 3. The summed E-state index contributed by atoms with van der Waals surface area (Å²) in [5, 5.41) is 4.72. The first-order valence-electron chi connectivity index (χ1n) is 11.5. The zero-order valence-electron chi connectivity index (χ0n) is 20.0. The zero-order valence-corrected chi connectivity index (χ0v) is 20.8. The van der Waals surface area contributed by atoms with E-state index in [1.54, 1.807) is 24.3 Å². The molecule has 1 amide bonds. The molecule has 0 spiro atoms. The summed E-state index contributed by atoms with van der Waals surface area (Å²) >= 11 is 0. The lowest BCUT2D eigenvalue weighted by atomic mass is 10.1. The predicted octanol–water partition coefficient (Wildman–Crippen LogP) is 6.82. The summed E-state index contributed by atoms with van der Waals surface area (Å²) < 4.78 is 71.0. The van der Waals surface area contributed by atoms with E-state index in [1.165, 1.54) is 18.2 Å². The molecule has 4 aromatic carbocycles. The minimum absolute atomic E-state index is 0.106. The molecule has 0 radical (unpaired) electrons. The van der Waals surface area contributed by atoms with E-state index >= 15 is 0 Å². The van der Waals surface area contributed by atoms with Crippen molar-refractivity contribution in [1.29, 1.82) is 0 Å². The largest absolute Gasteiger partial charge is 0.456 e. The number of hydrogen-bond acceptors (Lipinski definition) is 4. The van der Waals surface area contributed by atoms with Crippen molar-refractivity contribution in [3.05, 3.63) is 108 Å². The molecular weight excluding hydrogens is 517 g/mol. The Bertz CT molecular complexity index is 1760. The van der Waals surface area contributed by atoms with Crippen molar-refractivity contribution in [2.24, 2.45) is 0 Å². The van der Waals surface area contributed by atoms with E-state index in [9.17, 15) is 26.4 Å². The summed E-state index contributed by atoms with van der Waals surface area (Å²) in [6, 6.07) is 23.3. The lowest BCUT2D eigenvalue weighted by Gasteiger charge is -2.23. The molecule has 6 nitrogen and oxygen atoms in total. The van der Waals surface area contributed by atoms with Crippen molar-refractivity contribution < 1.29 is 30.8 Å². The average molecular weight is 539 g/mol. The number of halogens is 3. The van der Waals surface area contributed by atoms with Crippen molar-refractivity contribution in [2.75, 3.05) is 15.9 Å². The van der Waals surface area contributed by atoms with Gasteiger partial charge in [-0.1, -0.05) is 36.4 Å². The van der Waals surface area contributed by atoms with Crippen molar-refractivity contribution in [3.63, 3.8) is 0 Å². The Balaban J connectivity index is 1.33. The summed E-state index contributed by atoms with van der Waals surface area (Å²) in [5.74, 6) is -0.384. The van der Waals surface area contributed by atoms with E-state index in [1.807, 2.05) is 30.3 Å². The van der Waals surface area contributed by atoms with Gasteiger partial charge in [0.25, 0.3) is 5.91 Å². The molecular formula is C28H21F3N2O4S. The van der Waals surface area contributed by atoms with Gasteiger partial charge in [0.1, 0.15) is 11.2 Å². The highest BCUT2D eigenvalue weighted by molar-refractivity contribution is 7.92. The molecule has 0 bridgehead atoms. The van der Waals surface area contributed by atoms with Gasteiger partial charge in [-0.25, -0.2) is 8.42 Å². The molecule has 0 fully saturated rings. The fourth-order valence-corrected chi connectivity index (χ4v) is 5.05. The van der Waals surface area contributed by atoms with Crippen molar-refractivity contribution in [2.45, 2.75) is 12.7 Å². The number of hydrogen-bond donors (Lipinski definition) is 1. The highest BCUT2D eigenvalue weighted by atomic mass is 32.2. The van der Waals surface area contributed by atoms with Gasteiger partial charge in [0.05, 0.1) is 24.1 Å². The van der Waals surface area contributed by atoms with E-state index in [4.69, 9.17) is 4.42 Å². The lowest BCUT2D eigenvalue weighted by Crippen LogP contribution is -2.29. The van der Waals surface area contributed by atoms with Gasteiger partial charge in [-0.3, -0.25) is 9.10 Å². The monoisotopic (exact) mass is 538 g/mol. The molecule has 194 valence electrons. The Morgan fingerprint density at radius 1 is 0.868 bits per heavy atom. The Kier molecular flexibility index (Phi) is 6.36. The molecule has 1 aromatic heterocycles. The molecule has 5 rings (SSSR count). The predicted molar refractivity (Wildman–Crippen MR) is 141 cm³/mol. The minimum atomic E-state index is -4.61. The number of amides is 1. The van der Waals surface area contributed by atoms with Gasteiger partial charge in [0.15, 0.2) is 0 Å². The summed E-state index contributed by atoms with van der Waals surface area (Å²) in [6.07, 6.45) is -3.68. The standard InChI is InChI=1S/C28H21F3N2O4S/c1-38(35,36)33(22-6-4-5-20(15-22)28(29,30)31)17-18-9-11-19(12-10-18)27(34)32-21-13-14-24-23-7-2-3-8-25(23)37-26(24)16-21/h2-16H,17H2,1H3,(H,32,34). The Morgan fingerprint density at radius 2 is 1.58 bits per heavy atom. The van der Waals surface area contributed by atoms with E-state index in [0.717, 1.165) is 45.1 Å². The Hall–Kier alpha value is -4.31. The maximum Gasteiger partial charge on any atom is 0.416 e. The van der Waals surface area contributed by atoms with E-state index in [0.29, 0.717) is 22.4 Å². The van der Waals surface area contributed by atoms with Gasteiger partial charge in [0.2, 0.25) is 10.0 Å². The molecule has 5 aromatic rings. The number of carbonyl (C=O) groups is 1. The third kappa shape index (κ3) is 5.21. The van der Waals surface area contributed by atoms with Crippen LogP contribution in [-0.2, 0) is 22.7 Å². The maximum absolute atomic E-state index is 13.1. The number of rotatable bonds is 6.